The van der Waals surface area contributed by atoms with Crippen molar-refractivity contribution in [1.29, 1.82) is 5.26 Å². The highest BCUT2D eigenvalue weighted by atomic mass is 16.5. The Balaban J connectivity index is 1.32. The van der Waals surface area contributed by atoms with E-state index < -0.39 is 0 Å². The summed E-state index contributed by atoms with van der Waals surface area (Å²) in [4.78, 5) is 20.7. The number of benzene rings is 1. The Kier molecular flexibility index (Phi) is 5.38. The molecule has 4 rings (SSSR count). The number of amides is 1. The van der Waals surface area contributed by atoms with Gasteiger partial charge in [0.2, 0.25) is 5.69 Å². The van der Waals surface area contributed by atoms with Crippen molar-refractivity contribution in [2.45, 2.75) is 37.8 Å². The zero-order valence-electron chi connectivity index (χ0n) is 15.5. The summed E-state index contributed by atoms with van der Waals surface area (Å²) in [5.41, 5.74) is 1.46. The van der Waals surface area contributed by atoms with Crippen LogP contribution < -0.4 is 10.1 Å². The summed E-state index contributed by atoms with van der Waals surface area (Å²) in [6.07, 6.45) is 7.49. The molecular formula is C19H18N8O2. The predicted octanol–water partition coefficient (Wildman–Crippen LogP) is 1.44. The molecule has 0 unspecified atom stereocenters. The monoisotopic (exact) mass is 390 g/mol. The minimum absolute atomic E-state index is 0.0462. The maximum atomic E-state index is 12.6. The van der Waals surface area contributed by atoms with Crippen LogP contribution in [0.15, 0.2) is 43.0 Å². The molecule has 1 N–H and O–H groups in total. The Morgan fingerprint density at radius 3 is 2.79 bits per heavy atom. The van der Waals surface area contributed by atoms with Crippen molar-refractivity contribution in [2.75, 3.05) is 0 Å². The highest BCUT2D eigenvalue weighted by Crippen LogP contribution is 2.24. The van der Waals surface area contributed by atoms with E-state index in [4.69, 9.17) is 10.00 Å². The van der Waals surface area contributed by atoms with Crippen LogP contribution in [0, 0.1) is 11.3 Å². The van der Waals surface area contributed by atoms with Gasteiger partial charge in [-0.25, -0.2) is 14.6 Å². The van der Waals surface area contributed by atoms with E-state index in [9.17, 15) is 4.79 Å². The standard InChI is InChI=1S/C19H18N8O2/c20-11-17-19(22-9-8-21-17)29-16-6-4-14(5-7-16)24-18(28)13-2-1-3-15(10-13)27-12-23-25-26-27/h1-3,8-10,12,14,16H,4-7H2,(H,24,28). The van der Waals surface area contributed by atoms with Crippen LogP contribution in [0.1, 0.15) is 41.7 Å². The second-order valence-electron chi connectivity index (χ2n) is 6.69. The molecule has 1 saturated carbocycles. The van der Waals surface area contributed by atoms with Crippen molar-refractivity contribution >= 4 is 5.91 Å². The average Bonchev–Trinajstić information content (AvgIpc) is 3.31. The molecule has 0 saturated heterocycles. The van der Waals surface area contributed by atoms with Gasteiger partial charge in [-0.3, -0.25) is 4.79 Å². The first-order valence-corrected chi connectivity index (χ1v) is 9.25. The number of hydrogen-bond acceptors (Lipinski definition) is 8. The summed E-state index contributed by atoms with van der Waals surface area (Å²) < 4.78 is 7.34. The van der Waals surface area contributed by atoms with Gasteiger partial charge in [0.1, 0.15) is 18.5 Å². The van der Waals surface area contributed by atoms with Gasteiger partial charge in [0.15, 0.2) is 0 Å². The predicted molar refractivity (Wildman–Crippen MR) is 100 cm³/mol. The molecule has 1 aromatic carbocycles. The van der Waals surface area contributed by atoms with E-state index in [0.29, 0.717) is 5.56 Å². The molecule has 29 heavy (non-hydrogen) atoms. The van der Waals surface area contributed by atoms with Crippen LogP contribution in [0.5, 0.6) is 5.88 Å². The van der Waals surface area contributed by atoms with Gasteiger partial charge in [0, 0.05) is 24.0 Å². The highest BCUT2D eigenvalue weighted by molar-refractivity contribution is 5.94. The number of ether oxygens (including phenoxy) is 1. The van der Waals surface area contributed by atoms with Gasteiger partial charge in [0.05, 0.1) is 5.69 Å². The lowest BCUT2D eigenvalue weighted by Gasteiger charge is -2.29. The van der Waals surface area contributed by atoms with Crippen molar-refractivity contribution in [3.05, 3.63) is 54.2 Å². The molecular weight excluding hydrogens is 372 g/mol. The van der Waals surface area contributed by atoms with E-state index >= 15 is 0 Å². The fraction of sp³-hybridized carbons (Fsp3) is 0.316. The van der Waals surface area contributed by atoms with Crippen LogP contribution in [0.25, 0.3) is 5.69 Å². The molecule has 3 aromatic rings. The molecule has 1 amide bonds. The third-order valence-electron chi connectivity index (χ3n) is 4.78. The van der Waals surface area contributed by atoms with Crippen LogP contribution in [0.2, 0.25) is 0 Å². The van der Waals surface area contributed by atoms with Crippen molar-refractivity contribution < 1.29 is 9.53 Å². The smallest absolute Gasteiger partial charge is 0.251 e. The normalized spacial score (nSPS) is 18.6. The molecule has 1 aliphatic carbocycles. The molecule has 0 atom stereocenters. The Morgan fingerprint density at radius 1 is 1.21 bits per heavy atom. The summed E-state index contributed by atoms with van der Waals surface area (Å²) in [6.45, 7) is 0. The van der Waals surface area contributed by atoms with E-state index in [1.807, 2.05) is 12.1 Å². The number of rotatable bonds is 5. The summed E-state index contributed by atoms with van der Waals surface area (Å²) in [5, 5.41) is 23.2. The van der Waals surface area contributed by atoms with Gasteiger partial charge in [-0.1, -0.05) is 6.07 Å². The van der Waals surface area contributed by atoms with Gasteiger partial charge in [-0.15, -0.1) is 5.10 Å². The summed E-state index contributed by atoms with van der Waals surface area (Å²) in [7, 11) is 0. The Hall–Kier alpha value is -3.87. The third kappa shape index (κ3) is 4.35. The lowest BCUT2D eigenvalue weighted by Crippen LogP contribution is -2.39. The van der Waals surface area contributed by atoms with Gasteiger partial charge in [-0.2, -0.15) is 5.26 Å². The minimum Gasteiger partial charge on any atom is -0.472 e. The van der Waals surface area contributed by atoms with Crippen molar-refractivity contribution in [2.24, 2.45) is 0 Å². The molecule has 10 nitrogen and oxygen atoms in total. The number of nitrogens with one attached hydrogen (secondary N) is 1. The van der Waals surface area contributed by atoms with Gasteiger partial charge >= 0.3 is 0 Å². The lowest BCUT2D eigenvalue weighted by molar-refractivity contribution is 0.0889. The second-order valence-corrected chi connectivity index (χ2v) is 6.69. The van der Waals surface area contributed by atoms with E-state index in [2.05, 4.69) is 30.8 Å². The Labute approximate surface area is 166 Å². The third-order valence-corrected chi connectivity index (χ3v) is 4.78. The molecule has 0 radical (unpaired) electrons. The molecule has 1 aliphatic rings. The number of tetrazole rings is 1. The van der Waals surface area contributed by atoms with E-state index in [0.717, 1.165) is 31.4 Å². The van der Waals surface area contributed by atoms with E-state index in [1.54, 1.807) is 18.2 Å². The summed E-state index contributed by atoms with van der Waals surface area (Å²) in [5.74, 6) is 0.131. The second kappa shape index (κ2) is 8.43. The van der Waals surface area contributed by atoms with Crippen molar-refractivity contribution in [1.82, 2.24) is 35.5 Å². The first-order chi connectivity index (χ1) is 14.2. The molecule has 0 spiro atoms. The van der Waals surface area contributed by atoms with Crippen LogP contribution in [-0.4, -0.2) is 48.2 Å². The molecule has 0 aliphatic heterocycles. The minimum atomic E-state index is -0.134. The quantitative estimate of drug-likeness (QED) is 0.692. The van der Waals surface area contributed by atoms with Crippen LogP contribution in [-0.2, 0) is 0 Å². The van der Waals surface area contributed by atoms with E-state index in [1.165, 1.54) is 23.4 Å². The van der Waals surface area contributed by atoms with Gasteiger partial charge in [-0.05, 0) is 54.3 Å². The molecule has 10 heteroatoms. The van der Waals surface area contributed by atoms with Crippen molar-refractivity contribution in [3.63, 3.8) is 0 Å². The Bertz CT molecular complexity index is 1020. The molecule has 1 fully saturated rings. The lowest BCUT2D eigenvalue weighted by atomic mass is 9.92. The van der Waals surface area contributed by atoms with Crippen LogP contribution in [0.3, 0.4) is 0 Å². The summed E-state index contributed by atoms with van der Waals surface area (Å²) >= 11 is 0. The highest BCUT2D eigenvalue weighted by Gasteiger charge is 2.25. The Morgan fingerprint density at radius 2 is 2.03 bits per heavy atom. The molecule has 2 aromatic heterocycles. The van der Waals surface area contributed by atoms with Gasteiger partial charge < -0.3 is 10.1 Å². The first-order valence-electron chi connectivity index (χ1n) is 9.25. The summed E-state index contributed by atoms with van der Waals surface area (Å²) in [6, 6.07) is 9.18. The fourth-order valence-corrected chi connectivity index (χ4v) is 3.31. The zero-order chi connectivity index (χ0) is 20.1. The first kappa shape index (κ1) is 18.5. The zero-order valence-corrected chi connectivity index (χ0v) is 15.5. The SMILES string of the molecule is N#Cc1nccnc1OC1CCC(NC(=O)c2cccc(-n3cnnn3)c2)CC1. The average molecular weight is 390 g/mol. The number of aromatic nitrogens is 6. The maximum absolute atomic E-state index is 12.6. The molecule has 0 bridgehead atoms. The van der Waals surface area contributed by atoms with Gasteiger partial charge in [0.25, 0.3) is 11.8 Å². The van der Waals surface area contributed by atoms with Crippen molar-refractivity contribution in [3.8, 4) is 17.6 Å². The molecule has 2 heterocycles. The topological polar surface area (TPSA) is 132 Å². The number of carbonyl (C=O) groups excluding carboxylic acids is 1. The van der Waals surface area contributed by atoms with E-state index in [-0.39, 0.29) is 29.6 Å². The number of nitrogens with zero attached hydrogens (tertiary/aromatic N) is 7. The van der Waals surface area contributed by atoms with Crippen LogP contribution >= 0.6 is 0 Å². The molecule has 146 valence electrons. The van der Waals surface area contributed by atoms with Crippen LogP contribution in [0.4, 0.5) is 0 Å². The number of carbonyl (C=O) groups is 1. The maximum Gasteiger partial charge on any atom is 0.251 e. The number of nitriles is 1. The fourth-order valence-electron chi connectivity index (χ4n) is 3.31. The number of hydrogen-bond donors (Lipinski definition) is 1. The largest absolute Gasteiger partial charge is 0.472 e.